The molecule has 1 fully saturated rings. The highest BCUT2D eigenvalue weighted by atomic mass is 35.5. The molecule has 2 atom stereocenters. The zero-order chi connectivity index (χ0) is 15.7. The molecule has 1 amide bonds. The van der Waals surface area contributed by atoms with Gasteiger partial charge < -0.3 is 10.0 Å². The molecular formula is C17H19ClN2O2. The van der Waals surface area contributed by atoms with Gasteiger partial charge in [-0.25, -0.2) is 4.98 Å². The number of rotatable bonds is 2. The quantitative estimate of drug-likeness (QED) is 0.925. The third-order valence-corrected chi connectivity index (χ3v) is 4.54. The van der Waals surface area contributed by atoms with Crippen molar-refractivity contribution in [3.05, 3.63) is 41.0 Å². The van der Waals surface area contributed by atoms with Crippen LogP contribution >= 0.6 is 11.6 Å². The van der Waals surface area contributed by atoms with Crippen LogP contribution in [0.15, 0.2) is 30.3 Å². The van der Waals surface area contributed by atoms with Crippen LogP contribution in [0.5, 0.6) is 0 Å². The number of halogens is 1. The van der Waals surface area contributed by atoms with Crippen LogP contribution < -0.4 is 0 Å². The van der Waals surface area contributed by atoms with E-state index in [0.717, 1.165) is 30.3 Å². The van der Waals surface area contributed by atoms with Gasteiger partial charge >= 0.3 is 0 Å². The van der Waals surface area contributed by atoms with Crippen LogP contribution in [0.2, 0.25) is 5.02 Å². The van der Waals surface area contributed by atoms with E-state index in [1.807, 2.05) is 18.2 Å². The number of fused-ring (bicyclic) bond motifs is 1. The molecule has 22 heavy (non-hydrogen) atoms. The van der Waals surface area contributed by atoms with Gasteiger partial charge in [0.25, 0.3) is 5.91 Å². The molecule has 116 valence electrons. The molecule has 0 radical (unpaired) electrons. The van der Waals surface area contributed by atoms with Gasteiger partial charge in [-0.05, 0) is 38.0 Å². The highest BCUT2D eigenvalue weighted by Gasteiger charge is 2.27. The summed E-state index contributed by atoms with van der Waals surface area (Å²) in [5, 5.41) is 11.3. The minimum absolute atomic E-state index is 0.0766. The molecule has 0 spiro atoms. The summed E-state index contributed by atoms with van der Waals surface area (Å²) in [6.07, 6.45) is 1.49. The highest BCUT2D eigenvalue weighted by molar-refractivity contribution is 6.31. The molecule has 1 N–H and O–H groups in total. The highest BCUT2D eigenvalue weighted by Crippen LogP contribution is 2.22. The monoisotopic (exact) mass is 318 g/mol. The fourth-order valence-electron chi connectivity index (χ4n) is 2.96. The summed E-state index contributed by atoms with van der Waals surface area (Å²) in [4.78, 5) is 18.9. The third-order valence-electron chi connectivity index (χ3n) is 4.30. The first kappa shape index (κ1) is 15.3. The summed E-state index contributed by atoms with van der Waals surface area (Å²) in [5.41, 5.74) is 1.16. The van der Waals surface area contributed by atoms with E-state index in [9.17, 15) is 9.90 Å². The molecule has 5 heteroatoms. The number of likely N-dealkylation sites (tertiary alicyclic amines) is 1. The smallest absolute Gasteiger partial charge is 0.272 e. The largest absolute Gasteiger partial charge is 0.393 e. The van der Waals surface area contributed by atoms with Crippen molar-refractivity contribution in [3.63, 3.8) is 0 Å². The lowest BCUT2D eigenvalue weighted by Gasteiger charge is -2.34. The maximum atomic E-state index is 12.6. The lowest BCUT2D eigenvalue weighted by Crippen LogP contribution is -2.43. The van der Waals surface area contributed by atoms with E-state index in [1.54, 1.807) is 24.0 Å². The summed E-state index contributed by atoms with van der Waals surface area (Å²) >= 11 is 5.99. The van der Waals surface area contributed by atoms with Gasteiger partial charge in [-0.15, -0.1) is 0 Å². The Morgan fingerprint density at radius 2 is 2.18 bits per heavy atom. The van der Waals surface area contributed by atoms with E-state index < -0.39 is 0 Å². The molecule has 0 bridgehead atoms. The van der Waals surface area contributed by atoms with E-state index in [1.165, 1.54) is 0 Å². The molecule has 2 aromatic rings. The zero-order valence-corrected chi connectivity index (χ0v) is 13.3. The number of carbonyl (C=O) groups excluding carboxylic acids is 1. The fourth-order valence-corrected chi connectivity index (χ4v) is 3.13. The maximum Gasteiger partial charge on any atom is 0.272 e. The number of aliphatic hydroxyl groups excluding tert-OH is 1. The van der Waals surface area contributed by atoms with E-state index in [2.05, 4.69) is 4.98 Å². The van der Waals surface area contributed by atoms with E-state index in [-0.39, 0.29) is 17.9 Å². The molecule has 1 saturated heterocycles. The van der Waals surface area contributed by atoms with Crippen LogP contribution in [0.3, 0.4) is 0 Å². The predicted molar refractivity (Wildman–Crippen MR) is 87.1 cm³/mol. The van der Waals surface area contributed by atoms with E-state index >= 15 is 0 Å². The number of hydrogen-bond acceptors (Lipinski definition) is 3. The molecule has 2 unspecified atom stereocenters. The van der Waals surface area contributed by atoms with Crippen LogP contribution in [0.1, 0.15) is 30.3 Å². The molecule has 1 aromatic carbocycles. The summed E-state index contributed by atoms with van der Waals surface area (Å²) in [7, 11) is 0. The molecular weight excluding hydrogens is 300 g/mol. The number of aliphatic hydroxyl groups is 1. The van der Waals surface area contributed by atoms with Crippen LogP contribution in [0.25, 0.3) is 10.9 Å². The average Bonchev–Trinajstić information content (AvgIpc) is 2.53. The molecule has 3 rings (SSSR count). The first-order chi connectivity index (χ1) is 10.5. The Labute approximate surface area is 134 Å². The van der Waals surface area contributed by atoms with Gasteiger partial charge in [-0.2, -0.15) is 0 Å². The van der Waals surface area contributed by atoms with Crippen LogP contribution in [-0.4, -0.2) is 40.1 Å². The van der Waals surface area contributed by atoms with Crippen molar-refractivity contribution < 1.29 is 9.90 Å². The molecule has 2 heterocycles. The number of carbonyl (C=O) groups is 1. The summed E-state index contributed by atoms with van der Waals surface area (Å²) in [5.74, 6) is 0.0693. The standard InChI is InChI=1S/C17H19ClN2O2/c1-11(21)13-3-2-8-20(10-13)17(22)15-7-5-12-4-6-14(18)9-16(12)19-15/h4-7,9,11,13,21H,2-3,8,10H2,1H3. The molecule has 0 aliphatic carbocycles. The summed E-state index contributed by atoms with van der Waals surface area (Å²) in [6.45, 7) is 3.10. The lowest BCUT2D eigenvalue weighted by atomic mass is 9.93. The van der Waals surface area contributed by atoms with E-state index in [0.29, 0.717) is 17.3 Å². The van der Waals surface area contributed by atoms with Gasteiger partial charge in [0, 0.05) is 29.4 Å². The minimum Gasteiger partial charge on any atom is -0.393 e. The van der Waals surface area contributed by atoms with Crippen LogP contribution in [-0.2, 0) is 0 Å². The molecule has 0 saturated carbocycles. The Balaban J connectivity index is 1.85. The van der Waals surface area contributed by atoms with Gasteiger partial charge in [-0.1, -0.05) is 23.7 Å². The second-order valence-corrected chi connectivity index (χ2v) is 6.36. The van der Waals surface area contributed by atoms with Gasteiger partial charge in [0.2, 0.25) is 0 Å². The second-order valence-electron chi connectivity index (χ2n) is 5.93. The maximum absolute atomic E-state index is 12.6. The summed E-state index contributed by atoms with van der Waals surface area (Å²) < 4.78 is 0. The Morgan fingerprint density at radius 1 is 1.41 bits per heavy atom. The number of piperidine rings is 1. The van der Waals surface area contributed by atoms with Crippen LogP contribution in [0, 0.1) is 5.92 Å². The first-order valence-corrected chi connectivity index (χ1v) is 7.96. The van der Waals surface area contributed by atoms with E-state index in [4.69, 9.17) is 11.6 Å². The Kier molecular flexibility index (Phi) is 4.32. The Hall–Kier alpha value is -1.65. The number of benzene rings is 1. The van der Waals surface area contributed by atoms with Crippen LogP contribution in [0.4, 0.5) is 0 Å². The predicted octanol–water partition coefficient (Wildman–Crippen LogP) is 3.12. The molecule has 1 aromatic heterocycles. The lowest BCUT2D eigenvalue weighted by molar-refractivity contribution is 0.0462. The fraction of sp³-hybridized carbons (Fsp3) is 0.412. The third kappa shape index (κ3) is 3.08. The van der Waals surface area contributed by atoms with Crippen molar-refractivity contribution in [1.29, 1.82) is 0 Å². The minimum atomic E-state index is -0.390. The van der Waals surface area contributed by atoms with Gasteiger partial charge in [0.1, 0.15) is 5.69 Å². The second kappa shape index (κ2) is 6.23. The Morgan fingerprint density at radius 3 is 2.95 bits per heavy atom. The number of aromatic nitrogens is 1. The van der Waals surface area contributed by atoms with Crippen molar-refractivity contribution in [3.8, 4) is 0 Å². The topological polar surface area (TPSA) is 53.4 Å². The van der Waals surface area contributed by atoms with Crippen molar-refractivity contribution in [2.24, 2.45) is 5.92 Å². The van der Waals surface area contributed by atoms with Crippen molar-refractivity contribution in [2.75, 3.05) is 13.1 Å². The molecule has 4 nitrogen and oxygen atoms in total. The SMILES string of the molecule is CC(O)C1CCCN(C(=O)c2ccc3ccc(Cl)cc3n2)C1. The normalized spacial score (nSPS) is 20.1. The van der Waals surface area contributed by atoms with Gasteiger partial charge in [0.15, 0.2) is 0 Å². The summed E-state index contributed by atoms with van der Waals surface area (Å²) in [6, 6.07) is 9.11. The van der Waals surface area contributed by atoms with Crippen molar-refractivity contribution in [1.82, 2.24) is 9.88 Å². The molecule has 1 aliphatic rings. The van der Waals surface area contributed by atoms with Crippen molar-refractivity contribution >= 4 is 28.4 Å². The number of amides is 1. The molecule has 1 aliphatic heterocycles. The van der Waals surface area contributed by atoms with Crippen molar-refractivity contribution in [2.45, 2.75) is 25.9 Å². The first-order valence-electron chi connectivity index (χ1n) is 7.58. The number of nitrogens with zero attached hydrogens (tertiary/aromatic N) is 2. The van der Waals surface area contributed by atoms with Gasteiger partial charge in [-0.3, -0.25) is 4.79 Å². The number of hydrogen-bond donors (Lipinski definition) is 1. The number of pyridine rings is 1. The van der Waals surface area contributed by atoms with Gasteiger partial charge in [0.05, 0.1) is 11.6 Å². The average molecular weight is 319 g/mol. The Bertz CT molecular complexity index is 702. The zero-order valence-electron chi connectivity index (χ0n) is 12.5.